The van der Waals surface area contributed by atoms with Crippen LogP contribution in [-0.2, 0) is 19.3 Å². The average molecular weight is 312 g/mol. The highest BCUT2D eigenvalue weighted by atomic mass is 16.3. The zero-order valence-electron chi connectivity index (χ0n) is 13.7. The summed E-state index contributed by atoms with van der Waals surface area (Å²) in [5, 5.41) is 28.9. The molecule has 0 aromatic heterocycles. The van der Waals surface area contributed by atoms with E-state index < -0.39 is 0 Å². The van der Waals surface area contributed by atoms with Crippen LogP contribution in [0.3, 0.4) is 0 Å². The van der Waals surface area contributed by atoms with Crippen LogP contribution in [0.5, 0.6) is 17.2 Å². The van der Waals surface area contributed by atoms with E-state index in [1.807, 2.05) is 19.9 Å². The Bertz CT molecular complexity index is 678. The molecular formula is C20H24O3. The van der Waals surface area contributed by atoms with Crippen LogP contribution in [0.15, 0.2) is 48.0 Å². The van der Waals surface area contributed by atoms with Crippen LogP contribution in [0.1, 0.15) is 37.0 Å². The van der Waals surface area contributed by atoms with E-state index in [9.17, 15) is 15.3 Å². The molecule has 122 valence electrons. The van der Waals surface area contributed by atoms with Crippen molar-refractivity contribution in [2.75, 3.05) is 0 Å². The van der Waals surface area contributed by atoms with Gasteiger partial charge >= 0.3 is 0 Å². The van der Waals surface area contributed by atoms with Crippen LogP contribution in [0.25, 0.3) is 0 Å². The number of aromatic hydroxyl groups is 3. The zero-order valence-corrected chi connectivity index (χ0v) is 13.7. The van der Waals surface area contributed by atoms with Crippen molar-refractivity contribution in [1.29, 1.82) is 0 Å². The molecule has 2 rings (SSSR count). The van der Waals surface area contributed by atoms with Crippen molar-refractivity contribution in [1.82, 2.24) is 0 Å². The van der Waals surface area contributed by atoms with Gasteiger partial charge in [-0.2, -0.15) is 0 Å². The first-order valence-electron chi connectivity index (χ1n) is 7.90. The average Bonchev–Trinajstić information content (AvgIpc) is 2.46. The molecule has 0 radical (unpaired) electrons. The molecule has 0 fully saturated rings. The summed E-state index contributed by atoms with van der Waals surface area (Å²) in [7, 11) is 0. The predicted octanol–water partition coefficient (Wildman–Crippen LogP) is 4.49. The number of aryl methyl sites for hydroxylation is 2. The van der Waals surface area contributed by atoms with Gasteiger partial charge in [0.25, 0.3) is 0 Å². The highest BCUT2D eigenvalue weighted by Gasteiger charge is 2.04. The van der Waals surface area contributed by atoms with E-state index >= 15 is 0 Å². The van der Waals surface area contributed by atoms with Gasteiger partial charge in [0.1, 0.15) is 17.2 Å². The van der Waals surface area contributed by atoms with Gasteiger partial charge in [0.05, 0.1) is 0 Å². The molecule has 0 aliphatic heterocycles. The first kappa shape index (κ1) is 16.9. The van der Waals surface area contributed by atoms with E-state index in [1.54, 1.807) is 18.2 Å². The molecule has 2 aromatic carbocycles. The smallest absolute Gasteiger partial charge is 0.119 e. The lowest BCUT2D eigenvalue weighted by atomic mass is 10.00. The molecule has 0 heterocycles. The van der Waals surface area contributed by atoms with Crippen molar-refractivity contribution in [3.05, 3.63) is 64.7 Å². The molecule has 2 aromatic rings. The second-order valence-electron chi connectivity index (χ2n) is 6.16. The second-order valence-corrected chi connectivity index (χ2v) is 6.16. The van der Waals surface area contributed by atoms with Crippen LogP contribution in [-0.4, -0.2) is 15.3 Å². The van der Waals surface area contributed by atoms with Gasteiger partial charge in [0.15, 0.2) is 0 Å². The van der Waals surface area contributed by atoms with Gasteiger partial charge in [-0.1, -0.05) is 23.8 Å². The Balaban J connectivity index is 1.97. The number of rotatable bonds is 6. The molecule has 0 saturated heterocycles. The van der Waals surface area contributed by atoms with E-state index in [2.05, 4.69) is 12.1 Å². The Hall–Kier alpha value is -2.42. The molecule has 0 spiro atoms. The van der Waals surface area contributed by atoms with Crippen LogP contribution >= 0.6 is 0 Å². The van der Waals surface area contributed by atoms with Crippen molar-refractivity contribution < 1.29 is 15.3 Å². The Labute approximate surface area is 137 Å². The van der Waals surface area contributed by atoms with E-state index in [-0.39, 0.29) is 11.5 Å². The molecule has 3 N–H and O–H groups in total. The SMILES string of the molecule is CC(C)=CCc1cc(CCCc2cc(O)cc(O)c2)ccc1O. The third-order valence-corrected chi connectivity index (χ3v) is 3.77. The summed E-state index contributed by atoms with van der Waals surface area (Å²) in [6.07, 6.45) is 5.43. The lowest BCUT2D eigenvalue weighted by molar-refractivity contribution is 0.449. The molecular weight excluding hydrogens is 288 g/mol. The molecule has 3 heteroatoms. The zero-order chi connectivity index (χ0) is 16.8. The first-order chi connectivity index (χ1) is 10.9. The van der Waals surface area contributed by atoms with Gasteiger partial charge in [0, 0.05) is 6.07 Å². The fourth-order valence-electron chi connectivity index (χ4n) is 2.57. The topological polar surface area (TPSA) is 60.7 Å². The number of hydrogen-bond acceptors (Lipinski definition) is 3. The Kier molecular flexibility index (Phi) is 5.69. The highest BCUT2D eigenvalue weighted by molar-refractivity contribution is 5.38. The van der Waals surface area contributed by atoms with Gasteiger partial charge in [0.2, 0.25) is 0 Å². The van der Waals surface area contributed by atoms with Crippen molar-refractivity contribution >= 4 is 0 Å². The van der Waals surface area contributed by atoms with E-state index in [1.165, 1.54) is 17.2 Å². The van der Waals surface area contributed by atoms with Crippen LogP contribution in [0.4, 0.5) is 0 Å². The molecule has 0 aliphatic rings. The Morgan fingerprint density at radius 2 is 1.52 bits per heavy atom. The molecule has 0 amide bonds. The summed E-state index contributed by atoms with van der Waals surface area (Å²) in [5.74, 6) is 0.520. The van der Waals surface area contributed by atoms with Gasteiger partial charge in [-0.3, -0.25) is 0 Å². The van der Waals surface area contributed by atoms with Crippen LogP contribution in [0, 0.1) is 0 Å². The Morgan fingerprint density at radius 3 is 2.17 bits per heavy atom. The number of hydrogen-bond donors (Lipinski definition) is 3. The van der Waals surface area contributed by atoms with E-state index in [0.717, 1.165) is 36.8 Å². The fraction of sp³-hybridized carbons (Fsp3) is 0.300. The van der Waals surface area contributed by atoms with Crippen molar-refractivity contribution in [2.24, 2.45) is 0 Å². The number of allylic oxidation sites excluding steroid dienone is 2. The van der Waals surface area contributed by atoms with Crippen molar-refractivity contribution in [2.45, 2.75) is 39.5 Å². The summed E-state index contributed by atoms with van der Waals surface area (Å²) >= 11 is 0. The summed E-state index contributed by atoms with van der Waals surface area (Å²) in [4.78, 5) is 0. The molecule has 23 heavy (non-hydrogen) atoms. The minimum absolute atomic E-state index is 0.0913. The van der Waals surface area contributed by atoms with E-state index in [4.69, 9.17) is 0 Å². The van der Waals surface area contributed by atoms with E-state index in [0.29, 0.717) is 5.75 Å². The number of phenolic OH excluding ortho intramolecular Hbond substituents is 3. The normalized spacial score (nSPS) is 10.5. The van der Waals surface area contributed by atoms with Gasteiger partial charge < -0.3 is 15.3 Å². The molecule has 0 unspecified atom stereocenters. The minimum atomic E-state index is 0.0913. The van der Waals surface area contributed by atoms with Gasteiger partial charge in [-0.25, -0.2) is 0 Å². The molecule has 0 atom stereocenters. The third-order valence-electron chi connectivity index (χ3n) is 3.77. The fourth-order valence-corrected chi connectivity index (χ4v) is 2.57. The lowest BCUT2D eigenvalue weighted by Crippen LogP contribution is -1.93. The maximum atomic E-state index is 9.93. The minimum Gasteiger partial charge on any atom is -0.508 e. The first-order valence-corrected chi connectivity index (χ1v) is 7.90. The quantitative estimate of drug-likeness (QED) is 0.689. The second kappa shape index (κ2) is 7.73. The summed E-state index contributed by atoms with van der Waals surface area (Å²) in [6, 6.07) is 10.4. The largest absolute Gasteiger partial charge is 0.508 e. The maximum Gasteiger partial charge on any atom is 0.119 e. The summed E-state index contributed by atoms with van der Waals surface area (Å²) in [5.41, 5.74) is 4.28. The standard InChI is InChI=1S/C20H24O3/c1-14(2)6-8-17-10-15(7-9-20(17)23)4-3-5-16-11-18(21)13-19(22)12-16/h6-7,9-13,21-23H,3-5,8H2,1-2H3. The van der Waals surface area contributed by atoms with Gasteiger partial charge in [-0.15, -0.1) is 0 Å². The highest BCUT2D eigenvalue weighted by Crippen LogP contribution is 2.23. The third kappa shape index (κ3) is 5.37. The molecule has 0 saturated carbocycles. The summed E-state index contributed by atoms with van der Waals surface area (Å²) < 4.78 is 0. The summed E-state index contributed by atoms with van der Waals surface area (Å²) in [6.45, 7) is 4.09. The van der Waals surface area contributed by atoms with Crippen molar-refractivity contribution in [3.63, 3.8) is 0 Å². The maximum absolute atomic E-state index is 9.93. The van der Waals surface area contributed by atoms with Crippen LogP contribution in [0.2, 0.25) is 0 Å². The Morgan fingerprint density at radius 1 is 0.870 bits per heavy atom. The molecule has 0 aliphatic carbocycles. The number of phenols is 3. The van der Waals surface area contributed by atoms with Crippen LogP contribution < -0.4 is 0 Å². The lowest BCUT2D eigenvalue weighted by Gasteiger charge is -2.07. The monoisotopic (exact) mass is 312 g/mol. The van der Waals surface area contributed by atoms with Gasteiger partial charge in [-0.05, 0) is 74.4 Å². The van der Waals surface area contributed by atoms with Crippen molar-refractivity contribution in [3.8, 4) is 17.2 Å². The molecule has 0 bridgehead atoms. The predicted molar refractivity (Wildman–Crippen MR) is 93.0 cm³/mol. The molecule has 3 nitrogen and oxygen atoms in total. The number of benzene rings is 2.